The molecule has 2 aliphatic heterocycles. The summed E-state index contributed by atoms with van der Waals surface area (Å²) in [4.78, 5) is 15.5. The average Bonchev–Trinajstić information content (AvgIpc) is 3.32. The van der Waals surface area contributed by atoms with Gasteiger partial charge in [-0.3, -0.25) is 4.79 Å². The first kappa shape index (κ1) is 19.2. The fourth-order valence-corrected chi connectivity index (χ4v) is 4.56. The van der Waals surface area contributed by atoms with Crippen molar-refractivity contribution in [2.24, 2.45) is 7.05 Å². The second-order valence-electron chi connectivity index (χ2n) is 8.11. The number of anilines is 1. The zero-order chi connectivity index (χ0) is 19.3. The van der Waals surface area contributed by atoms with Crippen LogP contribution < -0.4 is 15.1 Å². The third-order valence-electron chi connectivity index (χ3n) is 6.10. The van der Waals surface area contributed by atoms with Crippen molar-refractivity contribution in [3.8, 4) is 0 Å². The molecule has 1 aromatic heterocycles. The van der Waals surface area contributed by atoms with Crippen LogP contribution in [0.1, 0.15) is 30.1 Å². The molecule has 1 amide bonds. The molecule has 150 valence electrons. The highest BCUT2D eigenvalue weighted by Crippen LogP contribution is 2.19. The first-order valence-electron chi connectivity index (χ1n) is 10.4. The first-order chi connectivity index (χ1) is 13.7. The van der Waals surface area contributed by atoms with E-state index in [4.69, 9.17) is 4.74 Å². The van der Waals surface area contributed by atoms with E-state index in [0.29, 0.717) is 12.6 Å². The van der Waals surface area contributed by atoms with Crippen LogP contribution in [0.5, 0.6) is 0 Å². The summed E-state index contributed by atoms with van der Waals surface area (Å²) >= 11 is 0. The Hall–Kier alpha value is -2.15. The molecular weight excluding hydrogens is 352 g/mol. The number of carbonyl (C=O) groups excluding carboxylic acids is 1. The molecule has 1 aromatic carbocycles. The molecule has 6 heteroatoms. The van der Waals surface area contributed by atoms with Crippen molar-refractivity contribution in [3.63, 3.8) is 0 Å². The number of ether oxygens (including phenoxy) is 1. The van der Waals surface area contributed by atoms with Crippen LogP contribution in [-0.4, -0.2) is 49.9 Å². The Morgan fingerprint density at radius 2 is 1.96 bits per heavy atom. The van der Waals surface area contributed by atoms with E-state index in [0.717, 1.165) is 51.5 Å². The van der Waals surface area contributed by atoms with Gasteiger partial charge < -0.3 is 24.4 Å². The maximum atomic E-state index is 12.6. The summed E-state index contributed by atoms with van der Waals surface area (Å²) in [5.74, 6) is 0.0997. The Morgan fingerprint density at radius 3 is 2.68 bits per heavy atom. The van der Waals surface area contributed by atoms with Crippen molar-refractivity contribution >= 4 is 11.6 Å². The molecule has 6 nitrogen and oxygen atoms in total. The van der Waals surface area contributed by atoms with E-state index >= 15 is 0 Å². The Kier molecular flexibility index (Phi) is 6.10. The lowest BCUT2D eigenvalue weighted by Gasteiger charge is -2.23. The van der Waals surface area contributed by atoms with Gasteiger partial charge in [0.1, 0.15) is 25.7 Å². The van der Waals surface area contributed by atoms with Gasteiger partial charge in [-0.15, -0.1) is 0 Å². The van der Waals surface area contributed by atoms with E-state index in [-0.39, 0.29) is 5.91 Å². The lowest BCUT2D eigenvalue weighted by atomic mass is 10.1. The first-order valence-corrected chi connectivity index (χ1v) is 10.4. The largest absolute Gasteiger partial charge is 0.370 e. The van der Waals surface area contributed by atoms with Gasteiger partial charge in [-0.1, -0.05) is 12.1 Å². The Bertz CT molecular complexity index is 780. The minimum atomic E-state index is 0.0997. The van der Waals surface area contributed by atoms with Crippen LogP contribution in [0.3, 0.4) is 0 Å². The van der Waals surface area contributed by atoms with Crippen LogP contribution in [-0.2, 0) is 23.1 Å². The fourth-order valence-electron chi connectivity index (χ4n) is 4.56. The van der Waals surface area contributed by atoms with Gasteiger partial charge in [-0.05, 0) is 24.3 Å². The molecular formula is C22H32N4O2+2. The summed E-state index contributed by atoms with van der Waals surface area (Å²) in [5.41, 5.74) is 3.53. The second kappa shape index (κ2) is 8.90. The van der Waals surface area contributed by atoms with Gasteiger partial charge in [-0.2, -0.15) is 0 Å². The standard InChI is InChI=1S/C22H30N4O2/c1-24-10-2-4-20(24)21-5-3-11-26(21)17-22(27)23-19-8-6-18(7-9-19)16-25-12-14-28-15-13-25/h2,4,6-10,21H,3,5,11-17H2,1H3,(H,23,27)/p+2/t21-/m1/s1. The topological polar surface area (TPSA) is 52.1 Å². The Balaban J connectivity index is 1.30. The number of carbonyl (C=O) groups is 1. The summed E-state index contributed by atoms with van der Waals surface area (Å²) < 4.78 is 7.60. The predicted octanol–water partition coefficient (Wildman–Crippen LogP) is -0.201. The van der Waals surface area contributed by atoms with E-state index in [2.05, 4.69) is 47.4 Å². The van der Waals surface area contributed by atoms with Gasteiger partial charge in [0, 0.05) is 37.3 Å². The number of rotatable bonds is 6. The molecule has 2 aromatic rings. The van der Waals surface area contributed by atoms with Gasteiger partial charge in [0.25, 0.3) is 5.91 Å². The summed E-state index contributed by atoms with van der Waals surface area (Å²) in [6.45, 7) is 6.45. The van der Waals surface area contributed by atoms with E-state index in [1.807, 2.05) is 12.1 Å². The number of morpholine rings is 1. The smallest absolute Gasteiger partial charge is 0.279 e. The molecule has 3 N–H and O–H groups in total. The van der Waals surface area contributed by atoms with Crippen molar-refractivity contribution in [1.82, 2.24) is 4.57 Å². The molecule has 0 saturated carbocycles. The number of aryl methyl sites for hydroxylation is 1. The van der Waals surface area contributed by atoms with E-state index in [1.165, 1.54) is 22.6 Å². The van der Waals surface area contributed by atoms with Crippen molar-refractivity contribution in [2.45, 2.75) is 25.4 Å². The number of nitrogens with one attached hydrogen (secondary N) is 3. The third kappa shape index (κ3) is 4.63. The van der Waals surface area contributed by atoms with Gasteiger partial charge >= 0.3 is 0 Å². The molecule has 0 bridgehead atoms. The maximum Gasteiger partial charge on any atom is 0.279 e. The molecule has 2 atom stereocenters. The van der Waals surface area contributed by atoms with Gasteiger partial charge in [0.15, 0.2) is 6.54 Å². The van der Waals surface area contributed by atoms with Gasteiger partial charge in [-0.25, -0.2) is 0 Å². The van der Waals surface area contributed by atoms with Crippen LogP contribution >= 0.6 is 0 Å². The molecule has 0 spiro atoms. The normalized spacial score (nSPS) is 23.0. The second-order valence-corrected chi connectivity index (χ2v) is 8.11. The fraction of sp³-hybridized carbons (Fsp3) is 0.500. The highest BCUT2D eigenvalue weighted by Gasteiger charge is 2.32. The number of likely N-dealkylation sites (tertiary alicyclic amines) is 1. The molecule has 3 heterocycles. The van der Waals surface area contributed by atoms with Crippen molar-refractivity contribution in [3.05, 3.63) is 53.9 Å². The molecule has 2 fully saturated rings. The summed E-state index contributed by atoms with van der Waals surface area (Å²) in [6, 6.07) is 13.0. The summed E-state index contributed by atoms with van der Waals surface area (Å²) in [5, 5.41) is 3.09. The number of hydrogen-bond donors (Lipinski definition) is 3. The lowest BCUT2D eigenvalue weighted by molar-refractivity contribution is -0.921. The van der Waals surface area contributed by atoms with Crippen LogP contribution in [0.25, 0.3) is 0 Å². The zero-order valence-electron chi connectivity index (χ0n) is 16.7. The minimum Gasteiger partial charge on any atom is -0.370 e. The molecule has 0 aliphatic carbocycles. The highest BCUT2D eigenvalue weighted by atomic mass is 16.5. The van der Waals surface area contributed by atoms with Crippen LogP contribution in [0.2, 0.25) is 0 Å². The lowest BCUT2D eigenvalue weighted by Crippen LogP contribution is -3.12. The molecule has 4 rings (SSSR count). The number of nitrogens with zero attached hydrogens (tertiary/aromatic N) is 1. The van der Waals surface area contributed by atoms with E-state index < -0.39 is 0 Å². The van der Waals surface area contributed by atoms with Gasteiger partial charge in [0.05, 0.1) is 25.5 Å². The minimum absolute atomic E-state index is 0.0997. The SMILES string of the molecule is Cn1cccc1[C@H]1CCC[NH+]1CC(=O)Nc1ccc(C[NH+]2CCOCC2)cc1. The number of benzene rings is 1. The number of amides is 1. The van der Waals surface area contributed by atoms with Crippen LogP contribution in [0.4, 0.5) is 5.69 Å². The highest BCUT2D eigenvalue weighted by molar-refractivity contribution is 5.91. The molecule has 28 heavy (non-hydrogen) atoms. The maximum absolute atomic E-state index is 12.6. The monoisotopic (exact) mass is 384 g/mol. The van der Waals surface area contributed by atoms with E-state index in [9.17, 15) is 4.79 Å². The van der Waals surface area contributed by atoms with Crippen LogP contribution in [0, 0.1) is 0 Å². The third-order valence-corrected chi connectivity index (χ3v) is 6.10. The Labute approximate surface area is 167 Å². The quantitative estimate of drug-likeness (QED) is 0.646. The average molecular weight is 385 g/mol. The molecule has 2 saturated heterocycles. The van der Waals surface area contributed by atoms with Crippen molar-refractivity contribution in [1.29, 1.82) is 0 Å². The predicted molar refractivity (Wildman–Crippen MR) is 108 cm³/mol. The zero-order valence-corrected chi connectivity index (χ0v) is 16.7. The summed E-state index contributed by atoms with van der Waals surface area (Å²) in [7, 11) is 2.09. The molecule has 0 radical (unpaired) electrons. The Morgan fingerprint density at radius 1 is 1.18 bits per heavy atom. The van der Waals surface area contributed by atoms with Crippen molar-refractivity contribution < 1.29 is 19.3 Å². The van der Waals surface area contributed by atoms with Crippen molar-refractivity contribution in [2.75, 3.05) is 44.7 Å². The van der Waals surface area contributed by atoms with Crippen LogP contribution in [0.15, 0.2) is 42.6 Å². The summed E-state index contributed by atoms with van der Waals surface area (Å²) in [6.07, 6.45) is 4.42. The molecule has 1 unspecified atom stereocenters. The number of quaternary nitrogens is 2. The number of aromatic nitrogens is 1. The van der Waals surface area contributed by atoms with Gasteiger partial charge in [0.2, 0.25) is 0 Å². The van der Waals surface area contributed by atoms with E-state index in [1.54, 1.807) is 4.90 Å². The molecule has 2 aliphatic rings. The number of hydrogen-bond acceptors (Lipinski definition) is 2.